The van der Waals surface area contributed by atoms with Gasteiger partial charge in [0.1, 0.15) is 0 Å². The fraction of sp³-hybridized carbons (Fsp3) is 0.500. The monoisotopic (exact) mass is 235 g/mol. The molecule has 2 N–H and O–H groups in total. The molecule has 0 aliphatic heterocycles. The summed E-state index contributed by atoms with van der Waals surface area (Å²) in [5.41, 5.74) is 9.81. The molecule has 1 nitrogen and oxygen atoms in total. The number of aryl methyl sites for hydroxylation is 2. The number of hydrogen-bond acceptors (Lipinski definition) is 1. The topological polar surface area (TPSA) is 26.0 Å². The number of nitrogens with two attached hydrogens (primary N) is 1. The van der Waals surface area contributed by atoms with Gasteiger partial charge in [-0.3, -0.25) is 0 Å². The minimum atomic E-state index is 0.198. The average Bonchev–Trinajstić information content (AvgIpc) is 2.14. The van der Waals surface area contributed by atoms with Crippen LogP contribution in [0, 0.1) is 6.92 Å². The predicted molar refractivity (Wildman–Crippen MR) is 75.0 cm³/mol. The van der Waals surface area contributed by atoms with Crippen molar-refractivity contribution in [2.75, 3.05) is 0 Å². The molecule has 0 aromatic heterocycles. The van der Waals surface area contributed by atoms with Crippen molar-refractivity contribution in [1.29, 1.82) is 0 Å². The first-order chi connectivity index (χ1) is 7.30. The molecule has 0 aliphatic carbocycles. The van der Waals surface area contributed by atoms with Crippen molar-refractivity contribution >= 4 is 17.2 Å². The van der Waals surface area contributed by atoms with Gasteiger partial charge in [-0.25, -0.2) is 0 Å². The Morgan fingerprint density at radius 2 is 1.94 bits per heavy atom. The highest BCUT2D eigenvalue weighted by molar-refractivity contribution is 7.80. The molecule has 0 aliphatic rings. The van der Waals surface area contributed by atoms with Gasteiger partial charge in [0.25, 0.3) is 0 Å². The Morgan fingerprint density at radius 3 is 2.44 bits per heavy atom. The smallest absolute Gasteiger partial charge is 0.0730 e. The molecule has 1 aromatic carbocycles. The lowest BCUT2D eigenvalue weighted by Crippen LogP contribution is -2.14. The molecule has 16 heavy (non-hydrogen) atoms. The van der Waals surface area contributed by atoms with Crippen LogP contribution in [0.15, 0.2) is 18.2 Å². The zero-order valence-corrected chi connectivity index (χ0v) is 11.4. The van der Waals surface area contributed by atoms with Crippen LogP contribution in [0.25, 0.3) is 0 Å². The van der Waals surface area contributed by atoms with Crippen LogP contribution < -0.4 is 5.73 Å². The molecule has 0 amide bonds. The van der Waals surface area contributed by atoms with Crippen LogP contribution in [-0.2, 0) is 11.8 Å². The van der Waals surface area contributed by atoms with Crippen LogP contribution in [0.4, 0.5) is 0 Å². The van der Waals surface area contributed by atoms with Gasteiger partial charge in [-0.1, -0.05) is 51.2 Å². The summed E-state index contributed by atoms with van der Waals surface area (Å²) in [7, 11) is 0. The number of benzene rings is 1. The van der Waals surface area contributed by atoms with Crippen LogP contribution in [0.3, 0.4) is 0 Å². The summed E-state index contributed by atoms with van der Waals surface area (Å²) in [4.78, 5) is 0.595. The maximum Gasteiger partial charge on any atom is 0.0730 e. The molecule has 0 radical (unpaired) electrons. The summed E-state index contributed by atoms with van der Waals surface area (Å²) in [6, 6.07) is 6.64. The summed E-state index contributed by atoms with van der Waals surface area (Å²) in [6.07, 6.45) is 1.74. The van der Waals surface area contributed by atoms with Gasteiger partial charge in [-0.05, 0) is 35.4 Å². The first-order valence-electron chi connectivity index (χ1n) is 5.69. The lowest BCUT2D eigenvalue weighted by Gasteiger charge is -2.22. The molecular weight excluding hydrogens is 214 g/mol. The van der Waals surface area contributed by atoms with Gasteiger partial charge in [-0.2, -0.15) is 0 Å². The Hall–Kier alpha value is -0.890. The van der Waals surface area contributed by atoms with E-state index in [0.29, 0.717) is 4.99 Å². The largest absolute Gasteiger partial charge is 0.393 e. The van der Waals surface area contributed by atoms with Gasteiger partial charge in [0.2, 0.25) is 0 Å². The van der Waals surface area contributed by atoms with E-state index >= 15 is 0 Å². The maximum atomic E-state index is 5.53. The highest BCUT2D eigenvalue weighted by atomic mass is 32.1. The van der Waals surface area contributed by atoms with E-state index in [4.69, 9.17) is 18.0 Å². The lowest BCUT2D eigenvalue weighted by atomic mass is 9.83. The van der Waals surface area contributed by atoms with E-state index in [-0.39, 0.29) is 5.41 Å². The molecule has 0 saturated heterocycles. The highest BCUT2D eigenvalue weighted by Gasteiger charge is 2.16. The van der Waals surface area contributed by atoms with Gasteiger partial charge in [0, 0.05) is 6.42 Å². The summed E-state index contributed by atoms with van der Waals surface area (Å²) in [6.45, 7) is 8.89. The molecule has 0 bridgehead atoms. The van der Waals surface area contributed by atoms with E-state index in [9.17, 15) is 0 Å². The lowest BCUT2D eigenvalue weighted by molar-refractivity contribution is 0.585. The molecule has 0 fully saturated rings. The van der Waals surface area contributed by atoms with Gasteiger partial charge in [0.15, 0.2) is 0 Å². The average molecular weight is 235 g/mol. The number of rotatable bonds is 3. The molecule has 1 aromatic rings. The zero-order valence-electron chi connectivity index (χ0n) is 10.6. The molecule has 0 saturated carbocycles. The van der Waals surface area contributed by atoms with Crippen molar-refractivity contribution < 1.29 is 0 Å². The molecule has 1 rings (SSSR count). The van der Waals surface area contributed by atoms with E-state index in [0.717, 1.165) is 12.8 Å². The zero-order chi connectivity index (χ0) is 12.3. The van der Waals surface area contributed by atoms with E-state index in [1.165, 1.54) is 16.7 Å². The van der Waals surface area contributed by atoms with Crippen LogP contribution in [-0.4, -0.2) is 4.99 Å². The first-order valence-corrected chi connectivity index (χ1v) is 6.10. The third-order valence-corrected chi connectivity index (χ3v) is 2.97. The van der Waals surface area contributed by atoms with Crippen molar-refractivity contribution in [3.8, 4) is 0 Å². The normalized spacial score (nSPS) is 11.5. The second kappa shape index (κ2) is 4.96. The van der Waals surface area contributed by atoms with Gasteiger partial charge >= 0.3 is 0 Å². The summed E-state index contributed by atoms with van der Waals surface area (Å²) >= 11 is 4.90. The number of hydrogen-bond donors (Lipinski definition) is 1. The summed E-state index contributed by atoms with van der Waals surface area (Å²) in [5, 5.41) is 0. The van der Waals surface area contributed by atoms with E-state index in [1.807, 2.05) is 0 Å². The minimum Gasteiger partial charge on any atom is -0.393 e. The summed E-state index contributed by atoms with van der Waals surface area (Å²) < 4.78 is 0. The number of thiocarbonyl (C=S) groups is 1. The second-order valence-electron chi connectivity index (χ2n) is 5.37. The Balaban J connectivity index is 2.94. The Kier molecular flexibility index (Phi) is 4.09. The van der Waals surface area contributed by atoms with Crippen LogP contribution in [0.5, 0.6) is 0 Å². The van der Waals surface area contributed by atoms with E-state index in [1.54, 1.807) is 0 Å². The van der Waals surface area contributed by atoms with Crippen LogP contribution in [0.2, 0.25) is 0 Å². The molecule has 0 unspecified atom stereocenters. The van der Waals surface area contributed by atoms with Gasteiger partial charge < -0.3 is 5.73 Å². The maximum absolute atomic E-state index is 5.53. The fourth-order valence-corrected chi connectivity index (χ4v) is 2.00. The Morgan fingerprint density at radius 1 is 1.31 bits per heavy atom. The van der Waals surface area contributed by atoms with Crippen molar-refractivity contribution in [3.05, 3.63) is 34.9 Å². The highest BCUT2D eigenvalue weighted by Crippen LogP contribution is 2.26. The van der Waals surface area contributed by atoms with Crippen molar-refractivity contribution in [3.63, 3.8) is 0 Å². The van der Waals surface area contributed by atoms with Crippen molar-refractivity contribution in [1.82, 2.24) is 0 Å². The van der Waals surface area contributed by atoms with Crippen molar-refractivity contribution in [2.45, 2.75) is 46.0 Å². The third kappa shape index (κ3) is 3.60. The Bertz CT molecular complexity index is 388. The minimum absolute atomic E-state index is 0.198. The molecule has 2 heteroatoms. The van der Waals surface area contributed by atoms with Gasteiger partial charge in [-0.15, -0.1) is 0 Å². The predicted octanol–water partition coefficient (Wildman–Crippen LogP) is 3.51. The molecule has 88 valence electrons. The standard InChI is InChI=1S/C14H21NS/c1-10-5-6-11(7-8-13(15)16)9-12(10)14(2,3)4/h5-6,9H,7-8H2,1-4H3,(H2,15,16). The SMILES string of the molecule is Cc1ccc(CCC(N)=S)cc1C(C)(C)C. The third-order valence-electron chi connectivity index (χ3n) is 2.77. The van der Waals surface area contributed by atoms with Gasteiger partial charge in [0.05, 0.1) is 4.99 Å². The van der Waals surface area contributed by atoms with E-state index < -0.39 is 0 Å². The quantitative estimate of drug-likeness (QED) is 0.811. The first kappa shape index (κ1) is 13.2. The fourth-order valence-electron chi connectivity index (χ4n) is 1.90. The molecular formula is C14H21NS. The van der Waals surface area contributed by atoms with Crippen LogP contribution in [0.1, 0.15) is 43.9 Å². The van der Waals surface area contributed by atoms with Crippen molar-refractivity contribution in [2.24, 2.45) is 5.73 Å². The molecule has 0 heterocycles. The summed E-state index contributed by atoms with van der Waals surface area (Å²) in [5.74, 6) is 0. The second-order valence-corrected chi connectivity index (χ2v) is 5.89. The van der Waals surface area contributed by atoms with Crippen LogP contribution >= 0.6 is 12.2 Å². The van der Waals surface area contributed by atoms with E-state index in [2.05, 4.69) is 45.9 Å². The Labute approximate surface area is 104 Å². The molecule has 0 spiro atoms. The molecule has 0 atom stereocenters.